The van der Waals surface area contributed by atoms with E-state index in [1.807, 2.05) is 51.1 Å². The molecule has 188 valence electrons. The van der Waals surface area contributed by atoms with Gasteiger partial charge in [-0.15, -0.1) is 0 Å². The van der Waals surface area contributed by atoms with Crippen LogP contribution >= 0.6 is 0 Å². The van der Waals surface area contributed by atoms with Crippen molar-refractivity contribution in [2.75, 3.05) is 5.32 Å². The number of hydrogen-bond donors (Lipinski definition) is 3. The lowest BCUT2D eigenvalue weighted by Gasteiger charge is -2.17. The van der Waals surface area contributed by atoms with E-state index >= 15 is 0 Å². The van der Waals surface area contributed by atoms with Crippen molar-refractivity contribution in [1.29, 1.82) is 0 Å². The number of rotatable bonds is 4. The number of pyridine rings is 2. The van der Waals surface area contributed by atoms with E-state index < -0.39 is 5.41 Å². The molecule has 4 aromatic heterocycles. The first kappa shape index (κ1) is 23.5. The Labute approximate surface area is 217 Å². The van der Waals surface area contributed by atoms with Crippen molar-refractivity contribution in [3.63, 3.8) is 0 Å². The predicted molar refractivity (Wildman–Crippen MR) is 146 cm³/mol. The number of halogens is 1. The summed E-state index contributed by atoms with van der Waals surface area (Å²) in [4.78, 5) is 29.4. The van der Waals surface area contributed by atoms with Gasteiger partial charge in [-0.3, -0.25) is 19.9 Å². The van der Waals surface area contributed by atoms with Gasteiger partial charge in [0.1, 0.15) is 11.5 Å². The Hall–Kier alpha value is -4.92. The molecular formula is C29H24FN7O. The van der Waals surface area contributed by atoms with Crippen LogP contribution in [0, 0.1) is 11.2 Å². The smallest absolute Gasteiger partial charge is 0.229 e. The molecule has 38 heavy (non-hydrogen) atoms. The monoisotopic (exact) mass is 505 g/mol. The highest BCUT2D eigenvalue weighted by Gasteiger charge is 2.22. The van der Waals surface area contributed by atoms with Crippen LogP contribution in [-0.4, -0.2) is 36.0 Å². The Morgan fingerprint density at radius 3 is 2.58 bits per heavy atom. The lowest BCUT2D eigenvalue weighted by molar-refractivity contribution is -0.123. The number of carbonyl (C=O) groups excluding carboxylic acids is 1. The van der Waals surface area contributed by atoms with Crippen LogP contribution in [0.5, 0.6) is 0 Å². The summed E-state index contributed by atoms with van der Waals surface area (Å²) in [5, 5.41) is 11.2. The highest BCUT2D eigenvalue weighted by Crippen LogP contribution is 2.33. The highest BCUT2D eigenvalue weighted by molar-refractivity contribution is 5.98. The van der Waals surface area contributed by atoms with Crippen molar-refractivity contribution in [3.05, 3.63) is 79.0 Å². The van der Waals surface area contributed by atoms with E-state index in [0.29, 0.717) is 39.5 Å². The predicted octanol–water partition coefficient (Wildman–Crippen LogP) is 6.35. The quantitative estimate of drug-likeness (QED) is 0.258. The molecule has 6 aromatic rings. The minimum atomic E-state index is -0.530. The summed E-state index contributed by atoms with van der Waals surface area (Å²) in [6, 6.07) is 16.0. The molecular weight excluding hydrogens is 481 g/mol. The molecule has 0 aliphatic carbocycles. The summed E-state index contributed by atoms with van der Waals surface area (Å²) in [7, 11) is 0. The van der Waals surface area contributed by atoms with Gasteiger partial charge in [0.05, 0.1) is 40.3 Å². The number of hydrogen-bond acceptors (Lipinski definition) is 5. The second-order valence-electron chi connectivity index (χ2n) is 10.1. The fraction of sp³-hybridized carbons (Fsp3) is 0.138. The number of aromatic amines is 2. The number of amides is 1. The van der Waals surface area contributed by atoms with Gasteiger partial charge >= 0.3 is 0 Å². The zero-order chi connectivity index (χ0) is 26.4. The minimum Gasteiger partial charge on any atom is -0.337 e. The minimum absolute atomic E-state index is 0.100. The molecule has 0 saturated heterocycles. The molecule has 4 heterocycles. The van der Waals surface area contributed by atoms with Gasteiger partial charge in [0.15, 0.2) is 5.82 Å². The molecule has 0 atom stereocenters. The number of aromatic nitrogens is 6. The number of nitrogens with one attached hydrogen (secondary N) is 3. The number of imidazole rings is 1. The number of carbonyl (C=O) groups is 1. The lowest BCUT2D eigenvalue weighted by atomic mass is 9.95. The molecule has 0 saturated carbocycles. The summed E-state index contributed by atoms with van der Waals surface area (Å²) >= 11 is 0. The molecule has 1 amide bonds. The van der Waals surface area contributed by atoms with Crippen LogP contribution < -0.4 is 5.32 Å². The van der Waals surface area contributed by atoms with E-state index in [9.17, 15) is 9.18 Å². The van der Waals surface area contributed by atoms with Crippen molar-refractivity contribution in [2.45, 2.75) is 20.8 Å². The van der Waals surface area contributed by atoms with Gasteiger partial charge < -0.3 is 10.3 Å². The van der Waals surface area contributed by atoms with E-state index in [1.54, 1.807) is 36.8 Å². The Balaban J connectivity index is 1.41. The Morgan fingerprint density at radius 1 is 0.947 bits per heavy atom. The van der Waals surface area contributed by atoms with E-state index in [-0.39, 0.29) is 11.7 Å². The van der Waals surface area contributed by atoms with Gasteiger partial charge in [0.2, 0.25) is 5.91 Å². The molecule has 9 heteroatoms. The Morgan fingerprint density at radius 2 is 1.76 bits per heavy atom. The summed E-state index contributed by atoms with van der Waals surface area (Å²) in [5.41, 5.74) is 5.45. The molecule has 6 rings (SSSR count). The van der Waals surface area contributed by atoms with E-state index in [2.05, 4.69) is 30.5 Å². The Bertz CT molecular complexity index is 1830. The first-order valence-electron chi connectivity index (χ1n) is 12.1. The maximum absolute atomic E-state index is 14.6. The van der Waals surface area contributed by atoms with Crippen LogP contribution in [0.4, 0.5) is 10.1 Å². The first-order chi connectivity index (χ1) is 18.3. The first-order valence-corrected chi connectivity index (χ1v) is 12.1. The van der Waals surface area contributed by atoms with Gasteiger partial charge in [-0.25, -0.2) is 9.37 Å². The normalized spacial score (nSPS) is 11.8. The summed E-state index contributed by atoms with van der Waals surface area (Å²) < 4.78 is 14.6. The fourth-order valence-corrected chi connectivity index (χ4v) is 4.26. The molecule has 0 aliphatic heterocycles. The number of para-hydroxylation sites is 1. The molecule has 0 unspecified atom stereocenters. The number of anilines is 1. The maximum atomic E-state index is 14.6. The van der Waals surface area contributed by atoms with E-state index in [4.69, 9.17) is 4.98 Å². The van der Waals surface area contributed by atoms with Crippen LogP contribution in [0.1, 0.15) is 20.8 Å². The van der Waals surface area contributed by atoms with Crippen molar-refractivity contribution in [3.8, 4) is 33.9 Å². The van der Waals surface area contributed by atoms with Crippen LogP contribution in [0.3, 0.4) is 0 Å². The van der Waals surface area contributed by atoms with Gasteiger partial charge in [-0.1, -0.05) is 51.1 Å². The van der Waals surface area contributed by atoms with Crippen LogP contribution in [0.2, 0.25) is 0 Å². The van der Waals surface area contributed by atoms with Gasteiger partial charge in [-0.2, -0.15) is 5.10 Å². The molecule has 0 bridgehead atoms. The number of benzene rings is 2. The maximum Gasteiger partial charge on any atom is 0.229 e. The van der Waals surface area contributed by atoms with Crippen LogP contribution in [0.25, 0.3) is 55.8 Å². The molecule has 3 N–H and O–H groups in total. The third-order valence-corrected chi connectivity index (χ3v) is 6.32. The largest absolute Gasteiger partial charge is 0.337 e. The Kier molecular flexibility index (Phi) is 5.48. The summed E-state index contributed by atoms with van der Waals surface area (Å²) in [6.45, 7) is 5.56. The topological polar surface area (TPSA) is 112 Å². The third-order valence-electron chi connectivity index (χ3n) is 6.32. The summed E-state index contributed by atoms with van der Waals surface area (Å²) in [5.74, 6) is 0.146. The average Bonchev–Trinajstić information content (AvgIpc) is 3.52. The second-order valence-corrected chi connectivity index (χ2v) is 10.1. The zero-order valence-corrected chi connectivity index (χ0v) is 21.0. The molecule has 2 aromatic carbocycles. The standard InChI is InChI=1S/C29H24FN7O/c1-29(2,3)28(38)33-17-11-16(13-31-14-17)23-12-20-24(15-32-23)36-37-26(20)27-34-22-10-6-8-19(25(22)35-27)18-7-4-5-9-21(18)30/h4-15H,1-3H3,(H,33,38)(H,34,35)(H,36,37). The highest BCUT2D eigenvalue weighted by atomic mass is 19.1. The summed E-state index contributed by atoms with van der Waals surface area (Å²) in [6.07, 6.45) is 5.01. The van der Waals surface area contributed by atoms with Crippen molar-refractivity contribution < 1.29 is 9.18 Å². The SMILES string of the molecule is CC(C)(C)C(=O)Nc1cncc(-c2cc3c(-c4nc5c(-c6ccccc6F)cccc5[nH]4)n[nH]c3cn2)c1. The van der Waals surface area contributed by atoms with Crippen LogP contribution in [0.15, 0.2) is 73.2 Å². The van der Waals surface area contributed by atoms with Crippen molar-refractivity contribution >= 4 is 33.5 Å². The molecule has 0 spiro atoms. The lowest BCUT2D eigenvalue weighted by Crippen LogP contribution is -2.27. The zero-order valence-electron chi connectivity index (χ0n) is 21.0. The fourth-order valence-electron chi connectivity index (χ4n) is 4.26. The number of nitrogens with zero attached hydrogens (tertiary/aromatic N) is 4. The van der Waals surface area contributed by atoms with Gasteiger partial charge in [0, 0.05) is 33.7 Å². The van der Waals surface area contributed by atoms with E-state index in [1.165, 1.54) is 6.07 Å². The molecule has 8 nitrogen and oxygen atoms in total. The second kappa shape index (κ2) is 8.88. The van der Waals surface area contributed by atoms with Gasteiger partial charge in [0.25, 0.3) is 0 Å². The van der Waals surface area contributed by atoms with Crippen molar-refractivity contribution in [2.24, 2.45) is 5.41 Å². The third kappa shape index (κ3) is 4.17. The number of H-pyrrole nitrogens is 2. The van der Waals surface area contributed by atoms with Crippen molar-refractivity contribution in [1.82, 2.24) is 30.1 Å². The molecule has 0 aliphatic rings. The number of fused-ring (bicyclic) bond motifs is 2. The molecule has 0 radical (unpaired) electrons. The average molecular weight is 506 g/mol. The molecule has 0 fully saturated rings. The van der Waals surface area contributed by atoms with Crippen LogP contribution in [-0.2, 0) is 4.79 Å². The van der Waals surface area contributed by atoms with Gasteiger partial charge in [-0.05, 0) is 24.3 Å². The van der Waals surface area contributed by atoms with E-state index in [0.717, 1.165) is 22.0 Å².